The second-order valence-electron chi connectivity index (χ2n) is 20.7. The van der Waals surface area contributed by atoms with Crippen LogP contribution in [-0.2, 0) is 63.2 Å². The van der Waals surface area contributed by atoms with E-state index in [0.29, 0.717) is 47.2 Å². The number of anilines is 1. The molecule has 10 N–H and O–H groups in total. The van der Waals surface area contributed by atoms with Crippen LogP contribution in [0.25, 0.3) is 10.9 Å². The number of nitrogens with zero attached hydrogens (tertiary/aromatic N) is 2. The lowest BCUT2D eigenvalue weighted by Gasteiger charge is -2.29. The number of H-pyrrole nitrogens is 1. The van der Waals surface area contributed by atoms with Gasteiger partial charge >= 0.3 is 13.3 Å². The van der Waals surface area contributed by atoms with Gasteiger partial charge in [0.05, 0.1) is 11.3 Å². The van der Waals surface area contributed by atoms with Crippen molar-refractivity contribution in [1.29, 1.82) is 0 Å². The first kappa shape index (κ1) is 58.1. The predicted molar refractivity (Wildman–Crippen MR) is 293 cm³/mol. The highest BCUT2D eigenvalue weighted by Gasteiger charge is 2.51. The number of carbonyl (C=O) groups is 9. The molecular formula is C58H60F2N9O12P. The van der Waals surface area contributed by atoms with E-state index in [1.54, 1.807) is 60.7 Å². The number of hydrogen-bond donors (Lipinski definition) is 9. The number of fused-ring (bicyclic) bond motifs is 2. The number of aromatic amines is 1. The first-order valence-electron chi connectivity index (χ1n) is 27.0. The average molecular weight is 1140 g/mol. The Balaban J connectivity index is 0.794. The lowest BCUT2D eigenvalue weighted by molar-refractivity contribution is -0.137. The number of hydrogen-bond acceptors (Lipinski definition) is 10. The Morgan fingerprint density at radius 2 is 1.60 bits per heavy atom. The molecule has 5 aromatic rings. The fraction of sp³-hybridized carbons (Fsp3) is 0.362. The fourth-order valence-corrected chi connectivity index (χ4v) is 11.4. The lowest BCUT2D eigenvalue weighted by Crippen LogP contribution is -2.57. The van der Waals surface area contributed by atoms with Gasteiger partial charge in [-0.15, -0.1) is 0 Å². The quantitative estimate of drug-likeness (QED) is 0.0215. The SMILES string of the molecule is NC(=O)CC[C@H](NC(=O)[C@@H]1Cc2cccc3c2N1C(=O)[C@@H](NC(=O)c1c[nH]c2cc(C(F)(F)P(=O)(O)O)ccc12)CC3)C(=O)N[C@H](C(=O)NCCCCCCCC#Cc1cccc2c1CN(C1CCC(=O)NC1=O)C2=O)c1ccccc1. The molecule has 82 heavy (non-hydrogen) atoms. The zero-order valence-electron chi connectivity index (χ0n) is 44.3. The summed E-state index contributed by atoms with van der Waals surface area (Å²) >= 11 is 0. The van der Waals surface area contributed by atoms with E-state index in [1.165, 1.54) is 16.0 Å². The summed E-state index contributed by atoms with van der Waals surface area (Å²) in [5, 5.41) is 13.5. The Kier molecular flexibility index (Phi) is 17.5. The van der Waals surface area contributed by atoms with Crippen molar-refractivity contribution in [2.45, 2.75) is 126 Å². The smallest absolute Gasteiger partial charge is 0.370 e. The largest absolute Gasteiger partial charge is 0.399 e. The summed E-state index contributed by atoms with van der Waals surface area (Å²) in [4.78, 5) is 145. The van der Waals surface area contributed by atoms with Crippen LogP contribution in [0.4, 0.5) is 14.5 Å². The molecule has 0 spiro atoms. The van der Waals surface area contributed by atoms with Gasteiger partial charge in [-0.2, -0.15) is 8.78 Å². The summed E-state index contributed by atoms with van der Waals surface area (Å²) in [5.74, 6) is 1.02. The number of amides is 9. The van der Waals surface area contributed by atoms with Gasteiger partial charge in [0.15, 0.2) is 0 Å². The summed E-state index contributed by atoms with van der Waals surface area (Å²) < 4.78 is 40.6. The lowest BCUT2D eigenvalue weighted by atomic mass is 10.0. The summed E-state index contributed by atoms with van der Waals surface area (Å²) in [6, 6.07) is 16.0. The van der Waals surface area contributed by atoms with Crippen molar-refractivity contribution in [2.75, 3.05) is 11.4 Å². The van der Waals surface area contributed by atoms with Crippen molar-refractivity contribution >= 4 is 77.4 Å². The molecule has 0 radical (unpaired) electrons. The molecule has 24 heteroatoms. The fourth-order valence-electron chi connectivity index (χ4n) is 10.9. The van der Waals surface area contributed by atoms with Crippen LogP contribution in [0.5, 0.6) is 0 Å². The summed E-state index contributed by atoms with van der Waals surface area (Å²) in [5.41, 5.74) is 4.20. The Bertz CT molecular complexity index is 3500. The van der Waals surface area contributed by atoms with E-state index >= 15 is 0 Å². The van der Waals surface area contributed by atoms with Gasteiger partial charge in [0.1, 0.15) is 30.2 Å². The highest BCUT2D eigenvalue weighted by Crippen LogP contribution is 2.59. The maximum atomic E-state index is 14.6. The van der Waals surface area contributed by atoms with E-state index < -0.39 is 90.4 Å². The summed E-state index contributed by atoms with van der Waals surface area (Å²) in [7, 11) is -5.89. The number of nitrogens with one attached hydrogen (secondary N) is 6. The number of aryl methyl sites for hydroxylation is 1. The van der Waals surface area contributed by atoms with E-state index in [2.05, 4.69) is 43.4 Å². The molecule has 0 bridgehead atoms. The number of primary amides is 1. The Morgan fingerprint density at radius 1 is 0.854 bits per heavy atom. The molecule has 4 aliphatic rings. The molecule has 1 unspecified atom stereocenters. The van der Waals surface area contributed by atoms with Crippen LogP contribution in [0.3, 0.4) is 0 Å². The topological polar surface area (TPSA) is 320 Å². The number of imide groups is 1. The number of piperidine rings is 1. The van der Waals surface area contributed by atoms with Crippen molar-refractivity contribution in [1.82, 2.24) is 36.5 Å². The number of rotatable bonds is 21. The minimum Gasteiger partial charge on any atom is -0.370 e. The zero-order chi connectivity index (χ0) is 58.5. The molecule has 5 heterocycles. The molecule has 21 nitrogen and oxygen atoms in total. The first-order valence-corrected chi connectivity index (χ1v) is 28.6. The molecule has 428 valence electrons. The molecule has 4 aromatic carbocycles. The Labute approximate surface area is 469 Å². The van der Waals surface area contributed by atoms with Gasteiger partial charge in [-0.05, 0) is 79.0 Å². The predicted octanol–water partition coefficient (Wildman–Crippen LogP) is 4.27. The van der Waals surface area contributed by atoms with Crippen LogP contribution in [0, 0.1) is 11.8 Å². The second kappa shape index (κ2) is 24.6. The van der Waals surface area contributed by atoms with Gasteiger partial charge in [0, 0.05) is 72.6 Å². The number of benzene rings is 4. The highest BCUT2D eigenvalue weighted by molar-refractivity contribution is 7.52. The number of halogens is 2. The third kappa shape index (κ3) is 12.5. The summed E-state index contributed by atoms with van der Waals surface area (Å²) in [6.45, 7) is 0.523. The maximum absolute atomic E-state index is 14.6. The standard InChI is InChI=1S/C58H60F2N9O12P/c59-58(60,82(79,80)81)37-21-22-38-40(31-63-44(38)30-37)51(72)65-43-23-20-35-17-11-18-36-29-46(69(50(35)36)57(43)78)54(75)64-42(24-26-47(61)70)52(73)67-49(34-14-8-6-9-15-34)55(76)62-28-10-5-3-1-2-4-7-13-33-16-12-19-39-41(33)32-68(56(39)77)45-25-27-48(71)66-53(45)74/h6,8-9,11-12,14-19,21-22,30-31,42-43,45-46,49,63H,1-5,10,20,23-29,32H2,(H2,61,70)(H,62,76)(H,64,75)(H,65,72)(H,67,73)(H,66,71,74)(H2,79,80,81)/t42-,43-,45?,46-,49-/m0/s1. The van der Waals surface area contributed by atoms with Gasteiger partial charge in [-0.3, -0.25) is 57.9 Å². The first-order chi connectivity index (χ1) is 39.2. The van der Waals surface area contributed by atoms with E-state index in [0.717, 1.165) is 55.0 Å². The van der Waals surface area contributed by atoms with Gasteiger partial charge < -0.3 is 46.7 Å². The van der Waals surface area contributed by atoms with Crippen molar-refractivity contribution in [3.05, 3.63) is 136 Å². The zero-order valence-corrected chi connectivity index (χ0v) is 45.2. The number of para-hydroxylation sites is 1. The minimum atomic E-state index is -5.89. The van der Waals surface area contributed by atoms with Crippen molar-refractivity contribution in [3.8, 4) is 11.8 Å². The second-order valence-corrected chi connectivity index (χ2v) is 22.4. The molecule has 1 saturated heterocycles. The number of alkyl halides is 2. The van der Waals surface area contributed by atoms with Crippen LogP contribution in [0.1, 0.15) is 131 Å². The van der Waals surface area contributed by atoms with E-state index in [4.69, 9.17) is 5.73 Å². The monoisotopic (exact) mass is 1140 g/mol. The van der Waals surface area contributed by atoms with Crippen molar-refractivity contribution in [3.63, 3.8) is 0 Å². The van der Waals surface area contributed by atoms with E-state index in [-0.39, 0.29) is 79.9 Å². The van der Waals surface area contributed by atoms with Crippen LogP contribution in [0.15, 0.2) is 91.1 Å². The number of carbonyl (C=O) groups excluding carboxylic acids is 9. The molecule has 9 amide bonds. The van der Waals surface area contributed by atoms with Crippen LogP contribution in [-0.4, -0.2) is 104 Å². The molecule has 4 aliphatic heterocycles. The Morgan fingerprint density at radius 3 is 2.35 bits per heavy atom. The maximum Gasteiger partial charge on any atom is 0.399 e. The molecule has 9 rings (SSSR count). The average Bonchev–Trinajstić information content (AvgIpc) is 4.16. The van der Waals surface area contributed by atoms with Gasteiger partial charge in [-0.25, -0.2) is 0 Å². The van der Waals surface area contributed by atoms with Gasteiger partial charge in [0.25, 0.3) is 11.8 Å². The molecule has 0 saturated carbocycles. The third-order valence-corrected chi connectivity index (χ3v) is 16.2. The van der Waals surface area contributed by atoms with Gasteiger partial charge in [-0.1, -0.05) is 97.8 Å². The van der Waals surface area contributed by atoms with Crippen molar-refractivity contribution in [2.24, 2.45) is 5.73 Å². The number of nitrogens with two attached hydrogens (primary N) is 1. The van der Waals surface area contributed by atoms with E-state index in [1.807, 2.05) is 6.07 Å². The number of unbranched alkanes of at least 4 members (excludes halogenated alkanes) is 5. The molecule has 5 atom stereocenters. The molecular weight excluding hydrogens is 1080 g/mol. The summed E-state index contributed by atoms with van der Waals surface area (Å²) in [6.07, 6.45) is 6.02. The van der Waals surface area contributed by atoms with Crippen LogP contribution >= 0.6 is 7.60 Å². The number of aromatic nitrogens is 1. The highest BCUT2D eigenvalue weighted by atomic mass is 31.2. The van der Waals surface area contributed by atoms with Crippen molar-refractivity contribution < 1.29 is 66.3 Å². The molecule has 1 fully saturated rings. The van der Waals surface area contributed by atoms with Gasteiger partial charge in [0.2, 0.25) is 41.4 Å². The van der Waals surface area contributed by atoms with Crippen LogP contribution in [0.2, 0.25) is 0 Å². The normalized spacial score (nSPS) is 18.3. The van der Waals surface area contributed by atoms with Crippen LogP contribution < -0.4 is 37.2 Å². The minimum absolute atomic E-state index is 0.0224. The molecule has 0 aliphatic carbocycles. The third-order valence-electron chi connectivity index (χ3n) is 15.2. The molecule has 1 aromatic heterocycles. The Hall–Kier alpha value is -8.58. The van der Waals surface area contributed by atoms with E-state index in [9.17, 15) is 66.3 Å².